The fourth-order valence-electron chi connectivity index (χ4n) is 4.26. The minimum absolute atomic E-state index is 0.0297. The van der Waals surface area contributed by atoms with E-state index in [-0.39, 0.29) is 17.0 Å². The SMILES string of the molecule is O=C(NCc1cccnc1)Nc1ccc(S(=O)(=O)N2CCCC[C@@H]2CN2CCOCC2)cc1. The van der Waals surface area contributed by atoms with E-state index in [1.54, 1.807) is 41.0 Å². The molecular weight excluding hydrogens is 442 g/mol. The standard InChI is InChI=1S/C23H31N5O4S/c29-23(25-17-19-4-3-10-24-16-19)26-20-6-8-22(9-7-20)33(30,31)28-11-2-1-5-21(28)18-27-12-14-32-15-13-27/h3-4,6-10,16,21H,1-2,5,11-15,17-18H2,(H2,25,26,29)/t21-/m1/s1. The first-order valence-corrected chi connectivity index (χ1v) is 12.8. The lowest BCUT2D eigenvalue weighted by molar-refractivity contribution is 0.0263. The molecule has 10 heteroatoms. The van der Waals surface area contributed by atoms with Gasteiger partial charge in [-0.25, -0.2) is 13.2 Å². The summed E-state index contributed by atoms with van der Waals surface area (Å²) in [5.41, 5.74) is 1.42. The molecule has 0 spiro atoms. The van der Waals surface area contributed by atoms with Gasteiger partial charge in [-0.3, -0.25) is 9.88 Å². The molecule has 33 heavy (non-hydrogen) atoms. The topological polar surface area (TPSA) is 104 Å². The number of hydrogen-bond donors (Lipinski definition) is 2. The van der Waals surface area contributed by atoms with Crippen LogP contribution in [0, 0.1) is 0 Å². The van der Waals surface area contributed by atoms with Crippen LogP contribution >= 0.6 is 0 Å². The van der Waals surface area contributed by atoms with Gasteiger partial charge < -0.3 is 15.4 Å². The van der Waals surface area contributed by atoms with E-state index in [2.05, 4.69) is 20.5 Å². The maximum atomic E-state index is 13.4. The molecule has 0 aliphatic carbocycles. The molecule has 1 aromatic carbocycles. The molecule has 0 saturated carbocycles. The van der Waals surface area contributed by atoms with Crippen LogP contribution < -0.4 is 10.6 Å². The first-order valence-electron chi connectivity index (χ1n) is 11.4. The van der Waals surface area contributed by atoms with Crippen LogP contribution in [0.15, 0.2) is 53.7 Å². The molecule has 2 aliphatic rings. The number of pyridine rings is 1. The van der Waals surface area contributed by atoms with E-state index in [0.717, 1.165) is 44.5 Å². The van der Waals surface area contributed by atoms with Crippen LogP contribution in [0.5, 0.6) is 0 Å². The average Bonchev–Trinajstić information content (AvgIpc) is 2.85. The van der Waals surface area contributed by atoms with Gasteiger partial charge >= 0.3 is 6.03 Å². The number of sulfonamides is 1. The normalized spacial score (nSPS) is 20.3. The smallest absolute Gasteiger partial charge is 0.319 e. The Morgan fingerprint density at radius 2 is 1.88 bits per heavy atom. The predicted molar refractivity (Wildman–Crippen MR) is 125 cm³/mol. The van der Waals surface area contributed by atoms with Crippen molar-refractivity contribution in [3.05, 3.63) is 54.4 Å². The van der Waals surface area contributed by atoms with Gasteiger partial charge in [-0.15, -0.1) is 0 Å². The zero-order valence-corrected chi connectivity index (χ0v) is 19.5. The van der Waals surface area contributed by atoms with Crippen LogP contribution in [0.2, 0.25) is 0 Å². The minimum Gasteiger partial charge on any atom is -0.379 e. The van der Waals surface area contributed by atoms with E-state index in [1.807, 2.05) is 12.1 Å². The number of piperidine rings is 1. The number of carbonyl (C=O) groups excluding carboxylic acids is 1. The Morgan fingerprint density at radius 1 is 1.09 bits per heavy atom. The summed E-state index contributed by atoms with van der Waals surface area (Å²) in [6.07, 6.45) is 6.14. The third-order valence-corrected chi connectivity index (χ3v) is 8.01. The van der Waals surface area contributed by atoms with Crippen LogP contribution in [-0.2, 0) is 21.3 Å². The molecule has 1 aromatic heterocycles. The molecule has 2 aliphatic heterocycles. The number of hydrogen-bond acceptors (Lipinski definition) is 6. The van der Waals surface area contributed by atoms with Crippen molar-refractivity contribution >= 4 is 21.7 Å². The number of nitrogens with one attached hydrogen (secondary N) is 2. The summed E-state index contributed by atoms with van der Waals surface area (Å²) in [7, 11) is -3.61. The van der Waals surface area contributed by atoms with Crippen molar-refractivity contribution in [3.8, 4) is 0 Å². The highest BCUT2D eigenvalue weighted by molar-refractivity contribution is 7.89. The summed E-state index contributed by atoms with van der Waals surface area (Å²) in [6, 6.07) is 9.66. The lowest BCUT2D eigenvalue weighted by Gasteiger charge is -2.38. The monoisotopic (exact) mass is 473 g/mol. The van der Waals surface area contributed by atoms with Gasteiger partial charge in [0.15, 0.2) is 0 Å². The maximum Gasteiger partial charge on any atom is 0.319 e. The summed E-state index contributed by atoms with van der Waals surface area (Å²) in [4.78, 5) is 18.7. The molecule has 2 amide bonds. The lowest BCUT2D eigenvalue weighted by atomic mass is 10.0. The van der Waals surface area contributed by atoms with Crippen molar-refractivity contribution in [1.29, 1.82) is 0 Å². The van der Waals surface area contributed by atoms with Gasteiger partial charge in [-0.05, 0) is 48.7 Å². The number of amides is 2. The molecule has 1 atom stereocenters. The van der Waals surface area contributed by atoms with E-state index in [9.17, 15) is 13.2 Å². The third kappa shape index (κ3) is 6.29. The number of ether oxygens (including phenoxy) is 1. The molecule has 3 heterocycles. The first kappa shape index (κ1) is 23.6. The van der Waals surface area contributed by atoms with Crippen molar-refractivity contribution in [1.82, 2.24) is 19.5 Å². The van der Waals surface area contributed by atoms with Crippen LogP contribution in [0.25, 0.3) is 0 Å². The molecule has 2 N–H and O–H groups in total. The molecule has 4 rings (SSSR count). The molecule has 178 valence electrons. The van der Waals surface area contributed by atoms with Gasteiger partial charge in [0.25, 0.3) is 0 Å². The summed E-state index contributed by atoms with van der Waals surface area (Å²) >= 11 is 0. The number of rotatable bonds is 7. The third-order valence-electron chi connectivity index (χ3n) is 6.04. The molecule has 0 bridgehead atoms. The number of nitrogens with zero attached hydrogens (tertiary/aromatic N) is 3. The number of carbonyl (C=O) groups is 1. The maximum absolute atomic E-state index is 13.4. The van der Waals surface area contributed by atoms with Crippen LogP contribution in [-0.4, -0.2) is 74.1 Å². The van der Waals surface area contributed by atoms with Crippen molar-refractivity contribution in [3.63, 3.8) is 0 Å². The van der Waals surface area contributed by atoms with E-state index >= 15 is 0 Å². The number of morpholine rings is 1. The summed E-state index contributed by atoms with van der Waals surface area (Å²) in [5.74, 6) is 0. The van der Waals surface area contributed by atoms with E-state index in [0.29, 0.717) is 32.0 Å². The van der Waals surface area contributed by atoms with Crippen LogP contribution in [0.3, 0.4) is 0 Å². The van der Waals surface area contributed by atoms with Crippen molar-refractivity contribution in [2.24, 2.45) is 0 Å². The van der Waals surface area contributed by atoms with Gasteiger partial charge in [0, 0.05) is 56.8 Å². The van der Waals surface area contributed by atoms with Gasteiger partial charge in [0.05, 0.1) is 18.1 Å². The van der Waals surface area contributed by atoms with Gasteiger partial charge in [0.2, 0.25) is 10.0 Å². The Labute approximate surface area is 195 Å². The average molecular weight is 474 g/mol. The summed E-state index contributed by atoms with van der Waals surface area (Å²) in [5, 5.41) is 5.49. The van der Waals surface area contributed by atoms with Crippen LogP contribution in [0.4, 0.5) is 10.5 Å². The highest BCUT2D eigenvalue weighted by Crippen LogP contribution is 2.27. The molecule has 0 radical (unpaired) electrons. The molecule has 9 nitrogen and oxygen atoms in total. The van der Waals surface area contributed by atoms with Crippen molar-refractivity contribution in [2.45, 2.75) is 36.7 Å². The minimum atomic E-state index is -3.61. The Bertz CT molecular complexity index is 1010. The number of anilines is 1. The van der Waals surface area contributed by atoms with E-state index in [1.165, 1.54) is 0 Å². The second kappa shape index (κ2) is 11.1. The Hall–Kier alpha value is -2.53. The molecule has 0 unspecified atom stereocenters. The quantitative estimate of drug-likeness (QED) is 0.640. The van der Waals surface area contributed by atoms with Crippen molar-refractivity contribution in [2.75, 3.05) is 44.7 Å². The summed E-state index contributed by atoms with van der Waals surface area (Å²) < 4.78 is 33.9. The van der Waals surface area contributed by atoms with Gasteiger partial charge in [-0.1, -0.05) is 12.5 Å². The Kier molecular flexibility index (Phi) is 7.92. The number of benzene rings is 1. The Morgan fingerprint density at radius 3 is 2.61 bits per heavy atom. The van der Waals surface area contributed by atoms with Gasteiger partial charge in [-0.2, -0.15) is 4.31 Å². The molecular formula is C23H31N5O4S. The fourth-order valence-corrected chi connectivity index (χ4v) is 5.95. The number of urea groups is 1. The van der Waals surface area contributed by atoms with Crippen molar-refractivity contribution < 1.29 is 17.9 Å². The zero-order valence-electron chi connectivity index (χ0n) is 18.7. The molecule has 2 fully saturated rings. The second-order valence-corrected chi connectivity index (χ2v) is 10.3. The van der Waals surface area contributed by atoms with Crippen LogP contribution in [0.1, 0.15) is 24.8 Å². The van der Waals surface area contributed by atoms with E-state index in [4.69, 9.17) is 4.74 Å². The highest BCUT2D eigenvalue weighted by atomic mass is 32.2. The fraction of sp³-hybridized carbons (Fsp3) is 0.478. The summed E-state index contributed by atoms with van der Waals surface area (Å²) in [6.45, 7) is 4.70. The molecule has 2 saturated heterocycles. The number of aromatic nitrogens is 1. The Balaban J connectivity index is 1.37. The zero-order chi connectivity index (χ0) is 23.1. The second-order valence-electron chi connectivity index (χ2n) is 8.37. The predicted octanol–water partition coefficient (Wildman–Crippen LogP) is 2.28. The lowest BCUT2D eigenvalue weighted by Crippen LogP contribution is -2.51. The van der Waals surface area contributed by atoms with Gasteiger partial charge in [0.1, 0.15) is 0 Å². The van der Waals surface area contributed by atoms with E-state index < -0.39 is 10.0 Å². The largest absolute Gasteiger partial charge is 0.379 e. The molecule has 2 aromatic rings. The first-order chi connectivity index (χ1) is 16.0. The highest BCUT2D eigenvalue weighted by Gasteiger charge is 2.34.